The number of rotatable bonds is 5. The molecule has 34 heavy (non-hydrogen) atoms. The first-order chi connectivity index (χ1) is 16.1. The van der Waals surface area contributed by atoms with E-state index in [0.29, 0.717) is 42.1 Å². The van der Waals surface area contributed by atoms with Gasteiger partial charge < -0.3 is 20.3 Å². The number of nitrogens with zero attached hydrogens (tertiary/aromatic N) is 2. The highest BCUT2D eigenvalue weighted by Gasteiger charge is 2.35. The van der Waals surface area contributed by atoms with Crippen LogP contribution in [0.5, 0.6) is 5.75 Å². The second kappa shape index (κ2) is 9.27. The maximum Gasteiger partial charge on any atom is 0.262 e. The molecule has 0 saturated carbocycles. The van der Waals surface area contributed by atoms with E-state index in [0.717, 1.165) is 11.3 Å². The van der Waals surface area contributed by atoms with E-state index in [1.165, 1.54) is 10.4 Å². The molecule has 1 saturated heterocycles. The first kappa shape index (κ1) is 24.0. The molecule has 2 aromatic carbocycles. The zero-order valence-electron chi connectivity index (χ0n) is 19.8. The maximum atomic E-state index is 13.5. The zero-order chi connectivity index (χ0) is 24.6. The van der Waals surface area contributed by atoms with Gasteiger partial charge in [0.05, 0.1) is 16.5 Å². The third-order valence-corrected chi connectivity index (χ3v) is 8.25. The summed E-state index contributed by atoms with van der Waals surface area (Å²) in [6.45, 7) is 3.98. The van der Waals surface area contributed by atoms with Gasteiger partial charge in [-0.2, -0.15) is 4.31 Å². The minimum Gasteiger partial charge on any atom is -0.482 e. The Hall–Kier alpha value is -3.11. The molecule has 2 amide bonds. The summed E-state index contributed by atoms with van der Waals surface area (Å²) in [6.07, 6.45) is 1.20. The topological polar surface area (TPSA) is 108 Å². The molecule has 2 aliphatic heterocycles. The molecule has 9 nitrogen and oxygen atoms in total. The lowest BCUT2D eigenvalue weighted by molar-refractivity contribution is -0.121. The molecule has 1 fully saturated rings. The number of anilines is 3. The number of carbonyl (C=O) groups excluding carboxylic acids is 2. The molecule has 0 aliphatic carbocycles. The number of benzene rings is 2. The normalized spacial score (nSPS) is 18.5. The highest BCUT2D eigenvalue weighted by molar-refractivity contribution is 7.89. The van der Waals surface area contributed by atoms with E-state index >= 15 is 0 Å². The number of aryl methyl sites for hydroxylation is 2. The van der Waals surface area contributed by atoms with Gasteiger partial charge in [-0.3, -0.25) is 9.59 Å². The predicted octanol–water partition coefficient (Wildman–Crippen LogP) is 2.74. The third-order valence-electron chi connectivity index (χ3n) is 6.24. The summed E-state index contributed by atoms with van der Waals surface area (Å²) in [6, 6.07) is 8.78. The Balaban J connectivity index is 1.52. The Labute approximate surface area is 200 Å². The fourth-order valence-electron chi connectivity index (χ4n) is 4.42. The quantitative estimate of drug-likeness (QED) is 0.673. The van der Waals surface area contributed by atoms with Crippen LogP contribution in [-0.4, -0.2) is 58.3 Å². The molecule has 2 N–H and O–H groups in total. The number of fused-ring (bicyclic) bond motifs is 1. The largest absolute Gasteiger partial charge is 0.482 e. The average molecular weight is 487 g/mol. The maximum absolute atomic E-state index is 13.5. The van der Waals surface area contributed by atoms with Crippen molar-refractivity contribution >= 4 is 38.9 Å². The fourth-order valence-corrected chi connectivity index (χ4v) is 6.17. The molecule has 0 aromatic heterocycles. The van der Waals surface area contributed by atoms with Crippen LogP contribution in [0.25, 0.3) is 0 Å². The van der Waals surface area contributed by atoms with E-state index in [1.54, 1.807) is 13.0 Å². The molecular formula is C24H30N4O5S. The van der Waals surface area contributed by atoms with Crippen molar-refractivity contribution < 1.29 is 22.7 Å². The van der Waals surface area contributed by atoms with E-state index in [1.807, 2.05) is 44.1 Å². The summed E-state index contributed by atoms with van der Waals surface area (Å²) in [7, 11) is 0.0392. The standard InChI is InChI=1S/C24H30N4O5S/c1-15-7-8-18(11-20(15)27(3)4)25-24(30)17-6-5-9-28(13-17)34(31,32)22-12-21-19(10-16(22)2)26-23(29)14-33-21/h7-8,10-12,17H,5-6,9,13-14H2,1-4H3,(H,25,30)(H,26,29). The summed E-state index contributed by atoms with van der Waals surface area (Å²) in [5.74, 6) is -0.604. The highest BCUT2D eigenvalue weighted by atomic mass is 32.2. The van der Waals surface area contributed by atoms with Crippen molar-refractivity contribution in [1.29, 1.82) is 0 Å². The Morgan fingerprint density at radius 1 is 1.18 bits per heavy atom. The van der Waals surface area contributed by atoms with Gasteiger partial charge in [-0.05, 0) is 56.0 Å². The Kier molecular flexibility index (Phi) is 6.55. The first-order valence-corrected chi connectivity index (χ1v) is 12.7. The van der Waals surface area contributed by atoms with E-state index in [-0.39, 0.29) is 29.9 Å². The van der Waals surface area contributed by atoms with Gasteiger partial charge >= 0.3 is 0 Å². The molecule has 4 rings (SSSR count). The van der Waals surface area contributed by atoms with Gasteiger partial charge in [0.15, 0.2) is 6.61 Å². The van der Waals surface area contributed by atoms with Crippen molar-refractivity contribution in [2.75, 3.05) is 49.3 Å². The predicted molar refractivity (Wildman–Crippen MR) is 131 cm³/mol. The number of ether oxygens (including phenoxy) is 1. The number of hydrogen-bond donors (Lipinski definition) is 2. The monoisotopic (exact) mass is 486 g/mol. The van der Waals surface area contributed by atoms with Crippen LogP contribution < -0.4 is 20.3 Å². The first-order valence-electron chi connectivity index (χ1n) is 11.2. The summed E-state index contributed by atoms with van der Waals surface area (Å²) in [4.78, 5) is 26.7. The van der Waals surface area contributed by atoms with E-state index in [2.05, 4.69) is 10.6 Å². The summed E-state index contributed by atoms with van der Waals surface area (Å²) in [5, 5.41) is 5.65. The lowest BCUT2D eigenvalue weighted by Crippen LogP contribution is -2.43. The summed E-state index contributed by atoms with van der Waals surface area (Å²) < 4.78 is 33.8. The third kappa shape index (κ3) is 4.74. The smallest absolute Gasteiger partial charge is 0.262 e. The van der Waals surface area contributed by atoms with Gasteiger partial charge in [0.1, 0.15) is 5.75 Å². The van der Waals surface area contributed by atoms with Crippen LogP contribution in [0, 0.1) is 19.8 Å². The van der Waals surface area contributed by atoms with Crippen LogP contribution in [0.3, 0.4) is 0 Å². The van der Waals surface area contributed by atoms with Crippen molar-refractivity contribution in [3.05, 3.63) is 41.5 Å². The van der Waals surface area contributed by atoms with E-state index in [4.69, 9.17) is 4.74 Å². The Morgan fingerprint density at radius 2 is 1.94 bits per heavy atom. The highest BCUT2D eigenvalue weighted by Crippen LogP contribution is 2.35. The zero-order valence-corrected chi connectivity index (χ0v) is 20.7. The molecular weight excluding hydrogens is 456 g/mol. The van der Waals surface area contributed by atoms with Crippen molar-refractivity contribution in [1.82, 2.24) is 4.31 Å². The average Bonchev–Trinajstić information content (AvgIpc) is 2.79. The van der Waals surface area contributed by atoms with Gasteiger partial charge in [0, 0.05) is 44.6 Å². The number of hydrogen-bond acceptors (Lipinski definition) is 6. The van der Waals surface area contributed by atoms with Gasteiger partial charge in [0.25, 0.3) is 5.91 Å². The van der Waals surface area contributed by atoms with Crippen molar-refractivity contribution in [2.45, 2.75) is 31.6 Å². The van der Waals surface area contributed by atoms with Gasteiger partial charge in [-0.25, -0.2) is 8.42 Å². The molecule has 182 valence electrons. The van der Waals surface area contributed by atoms with Gasteiger partial charge in [-0.1, -0.05) is 6.07 Å². The van der Waals surface area contributed by atoms with Crippen LogP contribution >= 0.6 is 0 Å². The van der Waals surface area contributed by atoms with Crippen LogP contribution in [-0.2, 0) is 19.6 Å². The van der Waals surface area contributed by atoms with Crippen molar-refractivity contribution in [2.24, 2.45) is 5.92 Å². The van der Waals surface area contributed by atoms with Crippen LogP contribution in [0.15, 0.2) is 35.2 Å². The second-order valence-electron chi connectivity index (χ2n) is 9.04. The second-order valence-corrected chi connectivity index (χ2v) is 10.9. The summed E-state index contributed by atoms with van der Waals surface area (Å²) >= 11 is 0. The minimum absolute atomic E-state index is 0.106. The number of amides is 2. The number of carbonyl (C=O) groups is 2. The summed E-state index contributed by atoms with van der Waals surface area (Å²) in [5.41, 5.74) is 3.75. The fraction of sp³-hybridized carbons (Fsp3) is 0.417. The van der Waals surface area contributed by atoms with E-state index in [9.17, 15) is 18.0 Å². The van der Waals surface area contributed by atoms with Crippen LogP contribution in [0.4, 0.5) is 17.1 Å². The Morgan fingerprint density at radius 3 is 2.68 bits per heavy atom. The molecule has 1 atom stereocenters. The lowest BCUT2D eigenvalue weighted by atomic mass is 9.98. The number of sulfonamides is 1. The molecule has 2 aliphatic rings. The minimum atomic E-state index is -3.85. The van der Waals surface area contributed by atoms with Gasteiger partial charge in [0.2, 0.25) is 15.9 Å². The van der Waals surface area contributed by atoms with Crippen molar-refractivity contribution in [3.63, 3.8) is 0 Å². The molecule has 1 unspecified atom stereocenters. The van der Waals surface area contributed by atoms with Crippen LogP contribution in [0.2, 0.25) is 0 Å². The number of piperidine rings is 1. The SMILES string of the molecule is Cc1ccc(NC(=O)C2CCCN(S(=O)(=O)c3cc4c(cc3C)NC(=O)CO4)C2)cc1N(C)C. The lowest BCUT2D eigenvalue weighted by Gasteiger charge is -2.32. The molecule has 2 aromatic rings. The molecule has 0 bridgehead atoms. The van der Waals surface area contributed by atoms with Crippen molar-refractivity contribution in [3.8, 4) is 5.75 Å². The van der Waals surface area contributed by atoms with Gasteiger partial charge in [-0.15, -0.1) is 0 Å². The Bertz CT molecular complexity index is 1240. The van der Waals surface area contributed by atoms with E-state index < -0.39 is 15.9 Å². The molecule has 10 heteroatoms. The van der Waals surface area contributed by atoms with Crippen LogP contribution in [0.1, 0.15) is 24.0 Å². The molecule has 0 radical (unpaired) electrons. The number of nitrogens with one attached hydrogen (secondary N) is 2. The molecule has 0 spiro atoms. The molecule has 2 heterocycles.